The Morgan fingerprint density at radius 1 is 1.09 bits per heavy atom. The number of nitro benzene ring substituents is 1. The Labute approximate surface area is 124 Å². The summed E-state index contributed by atoms with van der Waals surface area (Å²) in [4.78, 5) is 33.5. The molecular formula is C15H11NO6. The summed E-state index contributed by atoms with van der Waals surface area (Å²) >= 11 is 0. The molecule has 0 saturated carbocycles. The predicted octanol–water partition coefficient (Wildman–Crippen LogP) is 2.34. The summed E-state index contributed by atoms with van der Waals surface area (Å²) in [5.74, 6) is -1.57. The summed E-state index contributed by atoms with van der Waals surface area (Å²) in [6.45, 7) is -0.523. The van der Waals surface area contributed by atoms with Gasteiger partial charge >= 0.3 is 5.97 Å². The summed E-state index contributed by atoms with van der Waals surface area (Å²) < 4.78 is 4.82. The van der Waals surface area contributed by atoms with E-state index in [-0.39, 0.29) is 22.6 Å². The number of non-ortho nitro benzene ring substituents is 1. The smallest absolute Gasteiger partial charge is 0.342 e. The predicted molar refractivity (Wildman–Crippen MR) is 75.8 cm³/mol. The van der Waals surface area contributed by atoms with Gasteiger partial charge in [-0.15, -0.1) is 0 Å². The molecule has 2 aromatic carbocycles. The van der Waals surface area contributed by atoms with Crippen LogP contribution in [0.15, 0.2) is 48.5 Å². The molecule has 0 aliphatic carbocycles. The Morgan fingerprint density at radius 2 is 1.73 bits per heavy atom. The maximum atomic E-state index is 11.8. The van der Waals surface area contributed by atoms with Gasteiger partial charge in [0.2, 0.25) is 0 Å². The molecule has 0 aliphatic heterocycles. The Kier molecular flexibility index (Phi) is 4.47. The number of carbonyl (C=O) groups excluding carboxylic acids is 2. The molecule has 1 N–H and O–H groups in total. The molecule has 0 aliphatic rings. The van der Waals surface area contributed by atoms with Crippen LogP contribution in [0.25, 0.3) is 0 Å². The van der Waals surface area contributed by atoms with E-state index in [1.54, 1.807) is 12.1 Å². The van der Waals surface area contributed by atoms with Gasteiger partial charge in [-0.1, -0.05) is 12.1 Å². The van der Waals surface area contributed by atoms with Crippen LogP contribution in [0.3, 0.4) is 0 Å². The number of nitro groups is 1. The second-order valence-electron chi connectivity index (χ2n) is 4.32. The SMILES string of the molecule is O=C(COC(=O)c1ccccc1O)c1ccc([N+](=O)[O-])cc1. The van der Waals surface area contributed by atoms with E-state index in [1.165, 1.54) is 36.4 Å². The average molecular weight is 301 g/mol. The summed E-state index contributed by atoms with van der Waals surface area (Å²) in [5, 5.41) is 20.0. The van der Waals surface area contributed by atoms with Crippen LogP contribution in [0.4, 0.5) is 5.69 Å². The van der Waals surface area contributed by atoms with Gasteiger partial charge in [0, 0.05) is 17.7 Å². The van der Waals surface area contributed by atoms with Crippen molar-refractivity contribution in [1.82, 2.24) is 0 Å². The minimum Gasteiger partial charge on any atom is -0.507 e. The van der Waals surface area contributed by atoms with Crippen molar-refractivity contribution in [3.05, 3.63) is 69.8 Å². The quantitative estimate of drug-likeness (QED) is 0.393. The van der Waals surface area contributed by atoms with E-state index in [0.29, 0.717) is 0 Å². The third kappa shape index (κ3) is 3.45. The molecule has 112 valence electrons. The largest absolute Gasteiger partial charge is 0.507 e. The lowest BCUT2D eigenvalue weighted by Crippen LogP contribution is -2.14. The molecule has 0 heterocycles. The number of aromatic hydroxyl groups is 1. The maximum absolute atomic E-state index is 11.8. The number of ketones is 1. The number of phenolic OH excluding ortho intramolecular Hbond substituents is 1. The van der Waals surface area contributed by atoms with E-state index in [4.69, 9.17) is 4.74 Å². The fraction of sp³-hybridized carbons (Fsp3) is 0.0667. The highest BCUT2D eigenvalue weighted by molar-refractivity contribution is 6.00. The van der Waals surface area contributed by atoms with Gasteiger partial charge < -0.3 is 9.84 Å². The molecule has 22 heavy (non-hydrogen) atoms. The highest BCUT2D eigenvalue weighted by Crippen LogP contribution is 2.17. The van der Waals surface area contributed by atoms with Gasteiger partial charge in [-0.3, -0.25) is 14.9 Å². The van der Waals surface area contributed by atoms with Crippen LogP contribution in [0.5, 0.6) is 5.75 Å². The highest BCUT2D eigenvalue weighted by atomic mass is 16.6. The van der Waals surface area contributed by atoms with Gasteiger partial charge in [0.05, 0.1) is 4.92 Å². The van der Waals surface area contributed by atoms with Crippen molar-refractivity contribution >= 4 is 17.4 Å². The van der Waals surface area contributed by atoms with E-state index in [0.717, 1.165) is 0 Å². The monoisotopic (exact) mass is 301 g/mol. The zero-order valence-electron chi connectivity index (χ0n) is 11.3. The lowest BCUT2D eigenvalue weighted by atomic mass is 10.1. The molecule has 0 radical (unpaired) electrons. The fourth-order valence-corrected chi connectivity index (χ4v) is 1.71. The molecule has 0 unspecified atom stereocenters. The maximum Gasteiger partial charge on any atom is 0.342 e. The van der Waals surface area contributed by atoms with Crippen LogP contribution in [0.2, 0.25) is 0 Å². The topological polar surface area (TPSA) is 107 Å². The number of hydrogen-bond acceptors (Lipinski definition) is 6. The van der Waals surface area contributed by atoms with Crippen molar-refractivity contribution in [3.63, 3.8) is 0 Å². The number of hydrogen-bond donors (Lipinski definition) is 1. The molecule has 0 bridgehead atoms. The number of Topliss-reactive ketones (excluding diaryl/α,β-unsaturated/α-hetero) is 1. The van der Waals surface area contributed by atoms with Crippen molar-refractivity contribution in [3.8, 4) is 5.75 Å². The molecule has 7 nitrogen and oxygen atoms in total. The molecule has 0 atom stereocenters. The first kappa shape index (κ1) is 15.2. The first-order valence-electron chi connectivity index (χ1n) is 6.22. The lowest BCUT2D eigenvalue weighted by Gasteiger charge is -2.05. The molecule has 0 fully saturated rings. The molecule has 0 aromatic heterocycles. The highest BCUT2D eigenvalue weighted by Gasteiger charge is 2.15. The van der Waals surface area contributed by atoms with Gasteiger partial charge in [-0.2, -0.15) is 0 Å². The lowest BCUT2D eigenvalue weighted by molar-refractivity contribution is -0.384. The first-order valence-corrected chi connectivity index (χ1v) is 6.22. The van der Waals surface area contributed by atoms with Gasteiger partial charge in [-0.25, -0.2) is 4.79 Å². The second kappa shape index (κ2) is 6.49. The Bertz CT molecular complexity index is 723. The van der Waals surface area contributed by atoms with Gasteiger partial charge in [0.15, 0.2) is 12.4 Å². The van der Waals surface area contributed by atoms with Crippen molar-refractivity contribution in [2.45, 2.75) is 0 Å². The number of ether oxygens (including phenoxy) is 1. The molecular weight excluding hydrogens is 290 g/mol. The standard InChI is InChI=1S/C15H11NO6/c17-13-4-2-1-3-12(13)15(19)22-9-14(18)10-5-7-11(8-6-10)16(20)21/h1-8,17H,9H2. The number of phenols is 1. The third-order valence-corrected chi connectivity index (χ3v) is 2.86. The van der Waals surface area contributed by atoms with Crippen LogP contribution in [0.1, 0.15) is 20.7 Å². The first-order chi connectivity index (χ1) is 10.5. The normalized spacial score (nSPS) is 10.0. The number of rotatable bonds is 5. The summed E-state index contributed by atoms with van der Waals surface area (Å²) in [6, 6.07) is 10.8. The van der Waals surface area contributed by atoms with E-state index >= 15 is 0 Å². The van der Waals surface area contributed by atoms with Crippen LogP contribution in [0, 0.1) is 10.1 Å². The molecule has 2 rings (SSSR count). The van der Waals surface area contributed by atoms with Crippen LogP contribution in [-0.2, 0) is 4.74 Å². The van der Waals surface area contributed by atoms with Gasteiger partial charge in [0.25, 0.3) is 5.69 Å². The third-order valence-electron chi connectivity index (χ3n) is 2.86. The van der Waals surface area contributed by atoms with Crippen molar-refractivity contribution in [2.75, 3.05) is 6.61 Å². The van der Waals surface area contributed by atoms with Crippen LogP contribution >= 0.6 is 0 Å². The zero-order valence-corrected chi connectivity index (χ0v) is 11.3. The van der Waals surface area contributed by atoms with Gasteiger partial charge in [-0.05, 0) is 24.3 Å². The average Bonchev–Trinajstić information content (AvgIpc) is 2.52. The molecule has 0 spiro atoms. The molecule has 0 saturated heterocycles. The minimum atomic E-state index is -0.826. The van der Waals surface area contributed by atoms with Crippen molar-refractivity contribution in [1.29, 1.82) is 0 Å². The number of carbonyl (C=O) groups is 2. The van der Waals surface area contributed by atoms with E-state index in [2.05, 4.69) is 0 Å². The van der Waals surface area contributed by atoms with Crippen LogP contribution < -0.4 is 0 Å². The van der Waals surface area contributed by atoms with Crippen molar-refractivity contribution < 1.29 is 24.4 Å². The summed E-state index contributed by atoms with van der Waals surface area (Å²) in [5.41, 5.74) is 0.0115. The number of benzene rings is 2. The molecule has 2 aromatic rings. The molecule has 0 amide bonds. The molecule has 7 heteroatoms. The minimum absolute atomic E-state index is 0.0426. The second-order valence-corrected chi connectivity index (χ2v) is 4.32. The number of esters is 1. The Balaban J connectivity index is 1.99. The Hall–Kier alpha value is -3.22. The van der Waals surface area contributed by atoms with Crippen LogP contribution in [-0.4, -0.2) is 28.4 Å². The van der Waals surface area contributed by atoms with E-state index in [1.807, 2.05) is 0 Å². The summed E-state index contributed by atoms with van der Waals surface area (Å²) in [6.07, 6.45) is 0. The van der Waals surface area contributed by atoms with E-state index in [9.17, 15) is 24.8 Å². The summed E-state index contributed by atoms with van der Waals surface area (Å²) in [7, 11) is 0. The van der Waals surface area contributed by atoms with Gasteiger partial charge in [0.1, 0.15) is 11.3 Å². The number of para-hydroxylation sites is 1. The number of nitrogens with zero attached hydrogens (tertiary/aromatic N) is 1. The van der Waals surface area contributed by atoms with Crippen molar-refractivity contribution in [2.24, 2.45) is 0 Å². The van der Waals surface area contributed by atoms with E-state index < -0.39 is 23.3 Å². The Morgan fingerprint density at radius 3 is 2.32 bits per heavy atom. The fourth-order valence-electron chi connectivity index (χ4n) is 1.71. The zero-order chi connectivity index (χ0) is 16.1.